The lowest BCUT2D eigenvalue weighted by Gasteiger charge is -1.96. The summed E-state index contributed by atoms with van der Waals surface area (Å²) in [5.41, 5.74) is 1.73. The molecule has 0 spiro atoms. The zero-order chi connectivity index (χ0) is 12.8. The van der Waals surface area contributed by atoms with Crippen LogP contribution in [0.2, 0.25) is 5.02 Å². The molecule has 88 valence electrons. The van der Waals surface area contributed by atoms with Crippen LogP contribution in [0.5, 0.6) is 0 Å². The zero-order valence-electron chi connectivity index (χ0n) is 9.69. The van der Waals surface area contributed by atoms with Crippen molar-refractivity contribution in [1.82, 2.24) is 0 Å². The van der Waals surface area contributed by atoms with Crippen LogP contribution in [0.3, 0.4) is 0 Å². The molecular formula is C16H11ClO. The average molecular weight is 255 g/mol. The number of hydrogen-bond acceptors (Lipinski definition) is 1. The lowest BCUT2D eigenvalue weighted by atomic mass is 10.1. The Balaban J connectivity index is 2.04. The largest absolute Gasteiger partial charge is 0.285 e. The van der Waals surface area contributed by atoms with Crippen LogP contribution in [0.4, 0.5) is 0 Å². The monoisotopic (exact) mass is 254 g/mol. The molecule has 0 aromatic heterocycles. The van der Waals surface area contributed by atoms with E-state index in [1.54, 1.807) is 12.1 Å². The van der Waals surface area contributed by atoms with Crippen molar-refractivity contribution in [1.29, 1.82) is 0 Å². The number of carbonyl (C=O) groups is 1. The molecule has 0 radical (unpaired) electrons. The van der Waals surface area contributed by atoms with Gasteiger partial charge in [-0.15, -0.1) is 0 Å². The minimum Gasteiger partial charge on any atom is -0.285 e. The van der Waals surface area contributed by atoms with E-state index in [1.807, 2.05) is 42.5 Å². The second-order valence-electron chi connectivity index (χ2n) is 3.85. The van der Waals surface area contributed by atoms with Crippen LogP contribution in [0.15, 0.2) is 54.6 Å². The van der Waals surface area contributed by atoms with Crippen LogP contribution in [0, 0.1) is 11.8 Å². The predicted octanol–water partition coefficient (Wildman–Crippen LogP) is 3.50. The standard InChI is InChI=1S/C16H11ClO/c17-15-8-4-7-14(11-15)12-16(18)10-9-13-5-2-1-3-6-13/h1-8,11H,12H2. The molecule has 0 aliphatic rings. The SMILES string of the molecule is O=C(C#Cc1ccccc1)Cc1cccc(Cl)c1. The van der Waals surface area contributed by atoms with E-state index in [2.05, 4.69) is 11.8 Å². The molecule has 0 atom stereocenters. The van der Waals surface area contributed by atoms with Gasteiger partial charge in [-0.1, -0.05) is 47.9 Å². The van der Waals surface area contributed by atoms with E-state index in [-0.39, 0.29) is 5.78 Å². The summed E-state index contributed by atoms with van der Waals surface area (Å²) in [5.74, 6) is 5.37. The van der Waals surface area contributed by atoms with Crippen LogP contribution in [0.1, 0.15) is 11.1 Å². The molecule has 2 aromatic carbocycles. The molecule has 0 saturated heterocycles. The van der Waals surface area contributed by atoms with E-state index in [0.717, 1.165) is 11.1 Å². The maximum absolute atomic E-state index is 11.7. The van der Waals surface area contributed by atoms with Crippen LogP contribution in [-0.2, 0) is 11.2 Å². The molecule has 2 heteroatoms. The van der Waals surface area contributed by atoms with Gasteiger partial charge in [0.15, 0.2) is 0 Å². The second kappa shape index (κ2) is 6.05. The summed E-state index contributed by atoms with van der Waals surface area (Å²) in [7, 11) is 0. The second-order valence-corrected chi connectivity index (χ2v) is 4.28. The van der Waals surface area contributed by atoms with Crippen molar-refractivity contribution in [2.75, 3.05) is 0 Å². The van der Waals surface area contributed by atoms with Crippen molar-refractivity contribution in [3.63, 3.8) is 0 Å². The first-order valence-electron chi connectivity index (χ1n) is 5.58. The lowest BCUT2D eigenvalue weighted by molar-refractivity contribution is -0.113. The van der Waals surface area contributed by atoms with Crippen LogP contribution >= 0.6 is 11.6 Å². The summed E-state index contributed by atoms with van der Waals surface area (Å²) >= 11 is 5.85. The van der Waals surface area contributed by atoms with E-state index in [4.69, 9.17) is 11.6 Å². The van der Waals surface area contributed by atoms with Crippen molar-refractivity contribution in [2.24, 2.45) is 0 Å². The summed E-state index contributed by atoms with van der Waals surface area (Å²) in [6.45, 7) is 0. The van der Waals surface area contributed by atoms with Crippen molar-refractivity contribution < 1.29 is 4.79 Å². The third-order valence-electron chi connectivity index (χ3n) is 2.37. The number of rotatable bonds is 2. The number of halogens is 1. The van der Waals surface area contributed by atoms with Gasteiger partial charge in [0.2, 0.25) is 5.78 Å². The molecule has 2 aromatic rings. The van der Waals surface area contributed by atoms with E-state index >= 15 is 0 Å². The van der Waals surface area contributed by atoms with Gasteiger partial charge in [-0.2, -0.15) is 0 Å². The Morgan fingerprint density at radius 2 is 1.83 bits per heavy atom. The molecule has 0 aliphatic heterocycles. The average Bonchev–Trinajstić information content (AvgIpc) is 2.38. The predicted molar refractivity (Wildman–Crippen MR) is 73.5 cm³/mol. The Morgan fingerprint density at radius 3 is 2.56 bits per heavy atom. The maximum atomic E-state index is 11.7. The van der Waals surface area contributed by atoms with Gasteiger partial charge < -0.3 is 0 Å². The quantitative estimate of drug-likeness (QED) is 0.750. The number of Topliss-reactive ketones (excluding diaryl/α,β-unsaturated/α-hetero) is 1. The molecule has 0 bridgehead atoms. The summed E-state index contributed by atoms with van der Waals surface area (Å²) in [6.07, 6.45) is 0.292. The topological polar surface area (TPSA) is 17.1 Å². The molecule has 0 saturated carbocycles. The molecular weight excluding hydrogens is 244 g/mol. The highest BCUT2D eigenvalue weighted by Gasteiger charge is 2.00. The van der Waals surface area contributed by atoms with E-state index in [9.17, 15) is 4.79 Å². The molecule has 0 aliphatic carbocycles. The number of carbonyl (C=O) groups excluding carboxylic acids is 1. The summed E-state index contributed by atoms with van der Waals surface area (Å²) in [6, 6.07) is 16.7. The Bertz CT molecular complexity index is 606. The van der Waals surface area contributed by atoms with Gasteiger partial charge in [-0.05, 0) is 35.7 Å². The van der Waals surface area contributed by atoms with E-state index in [1.165, 1.54) is 0 Å². The Morgan fingerprint density at radius 1 is 1.06 bits per heavy atom. The summed E-state index contributed by atoms with van der Waals surface area (Å²) in [5, 5.41) is 0.635. The molecule has 0 heterocycles. The number of benzene rings is 2. The van der Waals surface area contributed by atoms with Crippen molar-refractivity contribution in [3.8, 4) is 11.8 Å². The Kier molecular flexibility index (Phi) is 4.17. The molecule has 1 nitrogen and oxygen atoms in total. The fourth-order valence-electron chi connectivity index (χ4n) is 1.54. The van der Waals surface area contributed by atoms with Crippen molar-refractivity contribution in [3.05, 3.63) is 70.7 Å². The highest BCUT2D eigenvalue weighted by molar-refractivity contribution is 6.30. The molecule has 0 N–H and O–H groups in total. The normalized spacial score (nSPS) is 9.39. The van der Waals surface area contributed by atoms with Crippen LogP contribution in [0.25, 0.3) is 0 Å². The first kappa shape index (κ1) is 12.4. The Labute approximate surface area is 111 Å². The van der Waals surface area contributed by atoms with Crippen LogP contribution in [-0.4, -0.2) is 5.78 Å². The van der Waals surface area contributed by atoms with E-state index in [0.29, 0.717) is 11.4 Å². The summed E-state index contributed by atoms with van der Waals surface area (Å²) < 4.78 is 0. The number of hydrogen-bond donors (Lipinski definition) is 0. The lowest BCUT2D eigenvalue weighted by Crippen LogP contribution is -1.98. The van der Waals surface area contributed by atoms with Gasteiger partial charge in [-0.25, -0.2) is 0 Å². The fourth-order valence-corrected chi connectivity index (χ4v) is 1.75. The smallest absolute Gasteiger partial charge is 0.210 e. The Hall–Kier alpha value is -2.04. The van der Waals surface area contributed by atoms with Crippen LogP contribution < -0.4 is 0 Å². The first-order chi connectivity index (χ1) is 8.74. The molecule has 0 unspecified atom stereocenters. The molecule has 0 fully saturated rings. The van der Waals surface area contributed by atoms with Gasteiger partial charge in [0.05, 0.1) is 0 Å². The molecule has 0 amide bonds. The van der Waals surface area contributed by atoms with Gasteiger partial charge in [0, 0.05) is 17.0 Å². The number of ketones is 1. The summed E-state index contributed by atoms with van der Waals surface area (Å²) in [4.78, 5) is 11.7. The fraction of sp³-hybridized carbons (Fsp3) is 0.0625. The highest BCUT2D eigenvalue weighted by Crippen LogP contribution is 2.11. The third-order valence-corrected chi connectivity index (χ3v) is 2.61. The third kappa shape index (κ3) is 3.76. The minimum absolute atomic E-state index is 0.110. The van der Waals surface area contributed by atoms with Crippen molar-refractivity contribution >= 4 is 17.4 Å². The van der Waals surface area contributed by atoms with Gasteiger partial charge in [0.1, 0.15) is 0 Å². The zero-order valence-corrected chi connectivity index (χ0v) is 10.4. The maximum Gasteiger partial charge on any atom is 0.210 e. The van der Waals surface area contributed by atoms with Gasteiger partial charge in [-0.3, -0.25) is 4.79 Å². The highest BCUT2D eigenvalue weighted by atomic mass is 35.5. The first-order valence-corrected chi connectivity index (χ1v) is 5.96. The minimum atomic E-state index is -0.110. The molecule has 18 heavy (non-hydrogen) atoms. The van der Waals surface area contributed by atoms with Gasteiger partial charge in [0.25, 0.3) is 0 Å². The van der Waals surface area contributed by atoms with Crippen molar-refractivity contribution in [2.45, 2.75) is 6.42 Å². The molecule has 2 rings (SSSR count). The van der Waals surface area contributed by atoms with Gasteiger partial charge >= 0.3 is 0 Å². The van der Waals surface area contributed by atoms with E-state index < -0.39 is 0 Å².